The molecule has 0 saturated carbocycles. The van der Waals surface area contributed by atoms with Crippen LogP contribution in [0.4, 0.5) is 0 Å². The minimum absolute atomic E-state index is 0.133. The molecule has 0 spiro atoms. The van der Waals surface area contributed by atoms with Crippen molar-refractivity contribution < 1.29 is 15.0 Å². The summed E-state index contributed by atoms with van der Waals surface area (Å²) in [6, 6.07) is 12.9. The lowest BCUT2D eigenvalue weighted by molar-refractivity contribution is -0.122. The average molecular weight is 271 g/mol. The molecule has 0 radical (unpaired) electrons. The highest BCUT2D eigenvalue weighted by atomic mass is 16.3. The summed E-state index contributed by atoms with van der Waals surface area (Å²) < 4.78 is 0. The molecule has 0 atom stereocenters. The Hall–Kier alpha value is -2.49. The SMILES string of the molecule is CCC(C(N)=O)(c1ccc(O)cc1)c1ccc(O)cc1. The molecule has 0 heterocycles. The van der Waals surface area contributed by atoms with Gasteiger partial charge < -0.3 is 15.9 Å². The Kier molecular flexibility index (Phi) is 3.66. The second-order valence-corrected chi connectivity index (χ2v) is 4.72. The van der Waals surface area contributed by atoms with Crippen LogP contribution in [0.2, 0.25) is 0 Å². The molecule has 20 heavy (non-hydrogen) atoms. The predicted molar refractivity (Wildman–Crippen MR) is 76.5 cm³/mol. The lowest BCUT2D eigenvalue weighted by Crippen LogP contribution is -2.41. The van der Waals surface area contributed by atoms with Crippen LogP contribution in [0.5, 0.6) is 11.5 Å². The second kappa shape index (κ2) is 5.25. The summed E-state index contributed by atoms with van der Waals surface area (Å²) >= 11 is 0. The first-order valence-corrected chi connectivity index (χ1v) is 6.39. The molecule has 0 unspecified atom stereocenters. The number of hydrogen-bond donors (Lipinski definition) is 3. The third-order valence-corrected chi connectivity index (χ3v) is 3.67. The molecule has 0 aliphatic carbocycles. The van der Waals surface area contributed by atoms with Gasteiger partial charge in [-0.2, -0.15) is 0 Å². The van der Waals surface area contributed by atoms with E-state index in [4.69, 9.17) is 5.73 Å². The van der Waals surface area contributed by atoms with Crippen LogP contribution in [0.25, 0.3) is 0 Å². The number of nitrogens with two attached hydrogens (primary N) is 1. The molecule has 104 valence electrons. The van der Waals surface area contributed by atoms with Gasteiger partial charge in [0, 0.05) is 0 Å². The topological polar surface area (TPSA) is 83.6 Å². The first-order chi connectivity index (χ1) is 9.50. The van der Waals surface area contributed by atoms with Crippen molar-refractivity contribution >= 4 is 5.91 Å². The second-order valence-electron chi connectivity index (χ2n) is 4.72. The summed E-state index contributed by atoms with van der Waals surface area (Å²) in [6.07, 6.45) is 0.484. The molecule has 0 aliphatic rings. The molecular weight excluding hydrogens is 254 g/mol. The molecule has 2 rings (SSSR count). The van der Waals surface area contributed by atoms with Crippen LogP contribution in [0.3, 0.4) is 0 Å². The quantitative estimate of drug-likeness (QED) is 0.797. The number of carbonyl (C=O) groups is 1. The smallest absolute Gasteiger partial charge is 0.232 e. The van der Waals surface area contributed by atoms with E-state index in [2.05, 4.69) is 0 Å². The Morgan fingerprint density at radius 1 is 0.950 bits per heavy atom. The molecule has 2 aromatic carbocycles. The number of phenols is 2. The third-order valence-electron chi connectivity index (χ3n) is 3.67. The Balaban J connectivity index is 2.64. The van der Waals surface area contributed by atoms with Crippen molar-refractivity contribution in [2.75, 3.05) is 0 Å². The number of phenolic OH excluding ortho intramolecular Hbond substituents is 2. The van der Waals surface area contributed by atoms with Gasteiger partial charge in [0.15, 0.2) is 0 Å². The third kappa shape index (κ3) is 2.20. The van der Waals surface area contributed by atoms with Crippen LogP contribution >= 0.6 is 0 Å². The van der Waals surface area contributed by atoms with Crippen molar-refractivity contribution in [3.63, 3.8) is 0 Å². The van der Waals surface area contributed by atoms with E-state index in [9.17, 15) is 15.0 Å². The van der Waals surface area contributed by atoms with Gasteiger partial charge in [0.25, 0.3) is 0 Å². The summed E-state index contributed by atoms with van der Waals surface area (Å²) in [5, 5.41) is 18.8. The van der Waals surface area contributed by atoms with E-state index >= 15 is 0 Å². The average Bonchev–Trinajstić information content (AvgIpc) is 2.43. The van der Waals surface area contributed by atoms with Crippen LogP contribution in [-0.2, 0) is 10.2 Å². The van der Waals surface area contributed by atoms with E-state index in [1.807, 2.05) is 6.92 Å². The number of hydrogen-bond acceptors (Lipinski definition) is 3. The van der Waals surface area contributed by atoms with Crippen LogP contribution in [0.1, 0.15) is 24.5 Å². The van der Waals surface area contributed by atoms with Crippen molar-refractivity contribution in [3.8, 4) is 11.5 Å². The van der Waals surface area contributed by atoms with E-state index in [0.29, 0.717) is 6.42 Å². The van der Waals surface area contributed by atoms with E-state index in [-0.39, 0.29) is 11.5 Å². The van der Waals surface area contributed by atoms with Gasteiger partial charge in [-0.25, -0.2) is 0 Å². The van der Waals surface area contributed by atoms with Gasteiger partial charge in [0.2, 0.25) is 5.91 Å². The molecule has 0 fully saturated rings. The van der Waals surface area contributed by atoms with Gasteiger partial charge in [-0.3, -0.25) is 4.79 Å². The molecule has 0 saturated heterocycles. The zero-order chi connectivity index (χ0) is 14.8. The van der Waals surface area contributed by atoms with E-state index in [0.717, 1.165) is 11.1 Å². The van der Waals surface area contributed by atoms with Crippen molar-refractivity contribution in [3.05, 3.63) is 59.7 Å². The molecule has 4 heteroatoms. The highest BCUT2D eigenvalue weighted by molar-refractivity contribution is 5.90. The minimum Gasteiger partial charge on any atom is -0.508 e. The molecule has 4 N–H and O–H groups in total. The lowest BCUT2D eigenvalue weighted by atomic mass is 9.72. The number of rotatable bonds is 4. The number of amides is 1. The first kappa shape index (κ1) is 13.9. The maximum absolute atomic E-state index is 12.1. The van der Waals surface area contributed by atoms with Crippen molar-refractivity contribution in [1.29, 1.82) is 0 Å². The molecule has 2 aromatic rings. The van der Waals surface area contributed by atoms with Crippen molar-refractivity contribution in [1.82, 2.24) is 0 Å². The maximum atomic E-state index is 12.1. The Morgan fingerprint density at radius 3 is 1.55 bits per heavy atom. The zero-order valence-electron chi connectivity index (χ0n) is 11.2. The summed E-state index contributed by atoms with van der Waals surface area (Å²) in [4.78, 5) is 12.1. The van der Waals surface area contributed by atoms with E-state index in [1.54, 1.807) is 24.3 Å². The van der Waals surface area contributed by atoms with Crippen molar-refractivity contribution in [2.45, 2.75) is 18.8 Å². The van der Waals surface area contributed by atoms with Gasteiger partial charge >= 0.3 is 0 Å². The van der Waals surface area contributed by atoms with E-state index < -0.39 is 11.3 Å². The Morgan fingerprint density at radius 2 is 1.30 bits per heavy atom. The van der Waals surface area contributed by atoms with Gasteiger partial charge in [-0.1, -0.05) is 31.2 Å². The first-order valence-electron chi connectivity index (χ1n) is 6.39. The van der Waals surface area contributed by atoms with Gasteiger partial charge in [0.1, 0.15) is 11.5 Å². The summed E-state index contributed by atoms with van der Waals surface area (Å²) in [5.41, 5.74) is 6.12. The van der Waals surface area contributed by atoms with Gasteiger partial charge in [-0.15, -0.1) is 0 Å². The molecular formula is C16H17NO3. The standard InChI is InChI=1S/C16H17NO3/c1-2-16(15(17)20,11-3-7-13(18)8-4-11)12-5-9-14(19)10-6-12/h3-10,18-19H,2H2,1H3,(H2,17,20). The predicted octanol–water partition coefficient (Wildman–Crippen LogP) is 2.28. The fourth-order valence-electron chi connectivity index (χ4n) is 2.53. The zero-order valence-corrected chi connectivity index (χ0v) is 11.2. The minimum atomic E-state index is -0.971. The van der Waals surface area contributed by atoms with Gasteiger partial charge in [-0.05, 0) is 41.8 Å². The van der Waals surface area contributed by atoms with E-state index in [1.165, 1.54) is 24.3 Å². The normalized spacial score (nSPS) is 11.2. The fourth-order valence-corrected chi connectivity index (χ4v) is 2.53. The summed E-state index contributed by atoms with van der Waals surface area (Å²) in [6.45, 7) is 1.88. The Labute approximate surface area is 117 Å². The molecule has 0 aromatic heterocycles. The van der Waals surface area contributed by atoms with Crippen LogP contribution in [0.15, 0.2) is 48.5 Å². The highest BCUT2D eigenvalue weighted by Gasteiger charge is 2.38. The lowest BCUT2D eigenvalue weighted by Gasteiger charge is -2.30. The van der Waals surface area contributed by atoms with Crippen LogP contribution in [0, 0.1) is 0 Å². The summed E-state index contributed by atoms with van der Waals surface area (Å²) in [5.74, 6) is -0.195. The number of primary amides is 1. The Bertz CT molecular complexity index is 557. The molecule has 0 bridgehead atoms. The molecule has 4 nitrogen and oxygen atoms in total. The molecule has 0 aliphatic heterocycles. The monoisotopic (exact) mass is 271 g/mol. The maximum Gasteiger partial charge on any atom is 0.232 e. The van der Waals surface area contributed by atoms with Crippen molar-refractivity contribution in [2.24, 2.45) is 5.73 Å². The number of aromatic hydroxyl groups is 2. The van der Waals surface area contributed by atoms with Crippen LogP contribution < -0.4 is 5.73 Å². The summed E-state index contributed by atoms with van der Waals surface area (Å²) in [7, 11) is 0. The fraction of sp³-hybridized carbons (Fsp3) is 0.188. The van der Waals surface area contributed by atoms with Gasteiger partial charge in [0.05, 0.1) is 5.41 Å². The number of carbonyl (C=O) groups excluding carboxylic acids is 1. The number of benzene rings is 2. The molecule has 1 amide bonds. The highest BCUT2D eigenvalue weighted by Crippen LogP contribution is 2.36. The van der Waals surface area contributed by atoms with Crippen LogP contribution in [-0.4, -0.2) is 16.1 Å². The largest absolute Gasteiger partial charge is 0.508 e.